The Hall–Kier alpha value is -2.69. The smallest absolute Gasteiger partial charge is 0.266 e. The number of rotatable bonds is 4. The van der Waals surface area contributed by atoms with E-state index in [0.717, 1.165) is 11.0 Å². The van der Waals surface area contributed by atoms with Gasteiger partial charge in [0.15, 0.2) is 0 Å². The standard InChI is InChI=1S/C15H14N2O3/c1-4-13(18)12(9-16(2)3)17-14(19)10-7-5-6-8-11(10)15(17)20/h4-9H,1H2,2-3H3/b12-9+. The molecule has 1 aliphatic rings. The molecule has 0 fully saturated rings. The van der Waals surface area contributed by atoms with Crippen LogP contribution in [0.25, 0.3) is 0 Å². The molecule has 0 bridgehead atoms. The third kappa shape index (κ3) is 2.14. The lowest BCUT2D eigenvalue weighted by Crippen LogP contribution is -2.33. The molecule has 0 spiro atoms. The van der Waals surface area contributed by atoms with Gasteiger partial charge in [0.2, 0.25) is 5.78 Å². The predicted octanol–water partition coefficient (Wildman–Crippen LogP) is 1.44. The Morgan fingerprint density at radius 2 is 1.65 bits per heavy atom. The molecule has 2 amide bonds. The number of carbonyl (C=O) groups excluding carboxylic acids is 3. The summed E-state index contributed by atoms with van der Waals surface area (Å²) in [5.74, 6) is -1.46. The van der Waals surface area contributed by atoms with Gasteiger partial charge in [-0.2, -0.15) is 0 Å². The van der Waals surface area contributed by atoms with Gasteiger partial charge in [0.25, 0.3) is 11.8 Å². The van der Waals surface area contributed by atoms with Crippen LogP contribution in [0.1, 0.15) is 20.7 Å². The van der Waals surface area contributed by atoms with Crippen molar-refractivity contribution in [2.45, 2.75) is 0 Å². The quantitative estimate of drug-likeness (QED) is 0.613. The SMILES string of the molecule is C=CC(=O)/C(=C\N(C)C)N1C(=O)c2ccccc2C1=O. The molecular formula is C15H14N2O3. The summed E-state index contributed by atoms with van der Waals surface area (Å²) in [5, 5.41) is 0. The third-order valence-electron chi connectivity index (χ3n) is 2.85. The van der Waals surface area contributed by atoms with E-state index < -0.39 is 17.6 Å². The maximum Gasteiger partial charge on any atom is 0.266 e. The first-order valence-corrected chi connectivity index (χ1v) is 6.00. The highest BCUT2D eigenvalue weighted by molar-refractivity contribution is 6.25. The lowest BCUT2D eigenvalue weighted by Gasteiger charge is -2.18. The van der Waals surface area contributed by atoms with Gasteiger partial charge in [-0.25, -0.2) is 4.90 Å². The van der Waals surface area contributed by atoms with Gasteiger partial charge in [-0.15, -0.1) is 0 Å². The van der Waals surface area contributed by atoms with Crippen LogP contribution < -0.4 is 0 Å². The van der Waals surface area contributed by atoms with Gasteiger partial charge >= 0.3 is 0 Å². The second-order valence-electron chi connectivity index (χ2n) is 4.54. The summed E-state index contributed by atoms with van der Waals surface area (Å²) >= 11 is 0. The minimum Gasteiger partial charge on any atom is -0.382 e. The number of hydrogen-bond donors (Lipinski definition) is 0. The normalized spacial score (nSPS) is 14.3. The van der Waals surface area contributed by atoms with Crippen LogP contribution in [-0.2, 0) is 4.79 Å². The molecule has 5 nitrogen and oxygen atoms in total. The first-order chi connectivity index (χ1) is 9.47. The minimum absolute atomic E-state index is 0.00352. The summed E-state index contributed by atoms with van der Waals surface area (Å²) in [7, 11) is 3.41. The summed E-state index contributed by atoms with van der Waals surface area (Å²) < 4.78 is 0. The number of benzene rings is 1. The first kappa shape index (κ1) is 13.7. The van der Waals surface area contributed by atoms with Gasteiger partial charge in [-0.05, 0) is 18.2 Å². The van der Waals surface area contributed by atoms with Crippen LogP contribution in [0.5, 0.6) is 0 Å². The Balaban J connectivity index is 2.53. The van der Waals surface area contributed by atoms with Crippen LogP contribution in [0.2, 0.25) is 0 Å². The molecular weight excluding hydrogens is 256 g/mol. The molecule has 0 radical (unpaired) electrons. The van der Waals surface area contributed by atoms with E-state index in [1.807, 2.05) is 0 Å². The van der Waals surface area contributed by atoms with Gasteiger partial charge in [-0.1, -0.05) is 18.7 Å². The molecule has 0 aromatic heterocycles. The molecule has 0 N–H and O–H groups in total. The molecule has 1 aliphatic heterocycles. The van der Waals surface area contributed by atoms with Crippen molar-refractivity contribution in [3.8, 4) is 0 Å². The van der Waals surface area contributed by atoms with Crippen molar-refractivity contribution in [3.63, 3.8) is 0 Å². The van der Waals surface area contributed by atoms with E-state index in [9.17, 15) is 14.4 Å². The average molecular weight is 270 g/mol. The Kier molecular flexibility index (Phi) is 3.52. The number of hydrogen-bond acceptors (Lipinski definition) is 4. The van der Waals surface area contributed by atoms with Gasteiger partial charge in [-0.3, -0.25) is 14.4 Å². The molecule has 20 heavy (non-hydrogen) atoms. The maximum atomic E-state index is 12.3. The van der Waals surface area contributed by atoms with Crippen LogP contribution >= 0.6 is 0 Å². The zero-order valence-corrected chi connectivity index (χ0v) is 11.3. The average Bonchev–Trinajstić information content (AvgIpc) is 2.68. The summed E-state index contributed by atoms with van der Waals surface area (Å²) in [6.45, 7) is 3.40. The fraction of sp³-hybridized carbons (Fsp3) is 0.133. The summed E-state index contributed by atoms with van der Waals surface area (Å²) in [6, 6.07) is 6.50. The van der Waals surface area contributed by atoms with Gasteiger partial charge in [0.1, 0.15) is 5.70 Å². The minimum atomic E-state index is -0.492. The van der Waals surface area contributed by atoms with Crippen molar-refractivity contribution < 1.29 is 14.4 Å². The third-order valence-corrected chi connectivity index (χ3v) is 2.85. The van der Waals surface area contributed by atoms with Crippen LogP contribution in [0.4, 0.5) is 0 Å². The zero-order valence-electron chi connectivity index (χ0n) is 11.3. The Morgan fingerprint density at radius 1 is 1.15 bits per heavy atom. The number of carbonyl (C=O) groups is 3. The lowest BCUT2D eigenvalue weighted by molar-refractivity contribution is -0.112. The first-order valence-electron chi connectivity index (χ1n) is 6.00. The second-order valence-corrected chi connectivity index (χ2v) is 4.54. The van der Waals surface area contributed by atoms with Gasteiger partial charge in [0, 0.05) is 20.3 Å². The van der Waals surface area contributed by atoms with Crippen molar-refractivity contribution in [1.29, 1.82) is 0 Å². The van der Waals surface area contributed by atoms with Crippen molar-refractivity contribution in [2.75, 3.05) is 14.1 Å². The number of amides is 2. The molecule has 0 aliphatic carbocycles. The monoisotopic (exact) mass is 270 g/mol. The van der Waals surface area contributed by atoms with Gasteiger partial charge in [0.05, 0.1) is 11.1 Å². The maximum absolute atomic E-state index is 12.3. The highest BCUT2D eigenvalue weighted by Gasteiger charge is 2.39. The molecule has 0 saturated heterocycles. The molecule has 1 aromatic carbocycles. The van der Waals surface area contributed by atoms with E-state index >= 15 is 0 Å². The molecule has 1 aromatic rings. The summed E-state index contributed by atoms with van der Waals surface area (Å²) in [6.07, 6.45) is 2.52. The Labute approximate surface area is 116 Å². The van der Waals surface area contributed by atoms with E-state index in [1.165, 1.54) is 6.20 Å². The van der Waals surface area contributed by atoms with Gasteiger partial charge < -0.3 is 4.90 Å². The molecule has 0 unspecified atom stereocenters. The molecule has 102 valence electrons. The van der Waals surface area contributed by atoms with E-state index in [4.69, 9.17) is 0 Å². The van der Waals surface area contributed by atoms with Crippen molar-refractivity contribution in [3.05, 3.63) is 59.9 Å². The fourth-order valence-electron chi connectivity index (χ4n) is 1.99. The number of fused-ring (bicyclic) bond motifs is 1. The Bertz CT molecular complexity index is 609. The van der Waals surface area contributed by atoms with Crippen molar-refractivity contribution in [2.24, 2.45) is 0 Å². The summed E-state index contributed by atoms with van der Waals surface area (Å²) in [5.41, 5.74) is 0.606. The highest BCUT2D eigenvalue weighted by Crippen LogP contribution is 2.26. The topological polar surface area (TPSA) is 57.7 Å². The van der Waals surface area contributed by atoms with E-state index in [-0.39, 0.29) is 5.70 Å². The fourth-order valence-corrected chi connectivity index (χ4v) is 1.99. The van der Waals surface area contributed by atoms with Crippen molar-refractivity contribution in [1.82, 2.24) is 9.80 Å². The van der Waals surface area contributed by atoms with E-state index in [1.54, 1.807) is 43.3 Å². The van der Waals surface area contributed by atoms with E-state index in [2.05, 4.69) is 6.58 Å². The van der Waals surface area contributed by atoms with Crippen LogP contribution in [0.3, 0.4) is 0 Å². The largest absolute Gasteiger partial charge is 0.382 e. The molecule has 2 rings (SSSR count). The van der Waals surface area contributed by atoms with E-state index in [0.29, 0.717) is 11.1 Å². The molecule has 1 heterocycles. The molecule has 5 heteroatoms. The zero-order chi connectivity index (χ0) is 14.9. The highest BCUT2D eigenvalue weighted by atomic mass is 16.2. The van der Waals surface area contributed by atoms with Crippen LogP contribution in [-0.4, -0.2) is 41.5 Å². The number of allylic oxidation sites excluding steroid dienone is 1. The van der Waals surface area contributed by atoms with Crippen LogP contribution in [0, 0.1) is 0 Å². The predicted molar refractivity (Wildman–Crippen MR) is 73.9 cm³/mol. The number of ketones is 1. The summed E-state index contributed by atoms with van der Waals surface area (Å²) in [4.78, 5) is 39.0. The number of imide groups is 1. The van der Waals surface area contributed by atoms with Crippen LogP contribution in [0.15, 0.2) is 48.8 Å². The molecule has 0 atom stereocenters. The molecule has 0 saturated carbocycles. The van der Waals surface area contributed by atoms with Crippen molar-refractivity contribution >= 4 is 17.6 Å². The lowest BCUT2D eigenvalue weighted by atomic mass is 10.1. The number of nitrogens with zero attached hydrogens (tertiary/aromatic N) is 2. The second kappa shape index (κ2) is 5.13. The Morgan fingerprint density at radius 3 is 2.05 bits per heavy atom.